The van der Waals surface area contributed by atoms with Crippen LogP contribution in [0.15, 0.2) is 18.2 Å². The molecule has 1 aromatic carbocycles. The quantitative estimate of drug-likeness (QED) is 0.723. The maximum Gasteiger partial charge on any atom is 0.248 e. The summed E-state index contributed by atoms with van der Waals surface area (Å²) < 4.78 is 10.0. The molecular formula is C15H25N3O3. The second-order valence-electron chi connectivity index (χ2n) is 5.02. The summed E-state index contributed by atoms with van der Waals surface area (Å²) in [6.07, 6.45) is 0. The molecular weight excluding hydrogens is 270 g/mol. The van der Waals surface area contributed by atoms with Gasteiger partial charge in [-0.3, -0.25) is 4.79 Å². The third kappa shape index (κ3) is 5.24. The first-order chi connectivity index (χ1) is 9.99. The normalized spacial score (nSPS) is 10.5. The summed E-state index contributed by atoms with van der Waals surface area (Å²) in [5, 5.41) is 0. The SMILES string of the molecule is COCCN(Cc1cc(N)ccc1N(C)C)C(=O)COC. The predicted molar refractivity (Wildman–Crippen MR) is 84.4 cm³/mol. The lowest BCUT2D eigenvalue weighted by molar-refractivity contribution is -0.136. The Morgan fingerprint density at radius 2 is 1.95 bits per heavy atom. The summed E-state index contributed by atoms with van der Waals surface area (Å²) in [4.78, 5) is 15.8. The van der Waals surface area contributed by atoms with Crippen molar-refractivity contribution in [2.24, 2.45) is 0 Å². The van der Waals surface area contributed by atoms with Crippen molar-refractivity contribution in [1.29, 1.82) is 0 Å². The van der Waals surface area contributed by atoms with Gasteiger partial charge >= 0.3 is 0 Å². The number of ether oxygens (including phenoxy) is 2. The molecule has 21 heavy (non-hydrogen) atoms. The summed E-state index contributed by atoms with van der Waals surface area (Å²) in [5.41, 5.74) is 8.59. The van der Waals surface area contributed by atoms with E-state index in [-0.39, 0.29) is 12.5 Å². The van der Waals surface area contributed by atoms with Crippen LogP contribution in [0.1, 0.15) is 5.56 Å². The molecule has 2 N–H and O–H groups in total. The van der Waals surface area contributed by atoms with E-state index in [4.69, 9.17) is 15.2 Å². The number of rotatable bonds is 8. The summed E-state index contributed by atoms with van der Waals surface area (Å²) in [5.74, 6) is -0.0679. The molecule has 0 saturated carbocycles. The fourth-order valence-corrected chi connectivity index (χ4v) is 2.08. The molecule has 1 rings (SSSR count). The van der Waals surface area contributed by atoms with Crippen molar-refractivity contribution in [3.8, 4) is 0 Å². The molecule has 1 amide bonds. The average Bonchev–Trinajstić information content (AvgIpc) is 2.43. The predicted octanol–water partition coefficient (Wildman–Crippen LogP) is 0.956. The van der Waals surface area contributed by atoms with Crippen LogP contribution in [-0.2, 0) is 20.8 Å². The van der Waals surface area contributed by atoms with E-state index < -0.39 is 0 Å². The summed E-state index contributed by atoms with van der Waals surface area (Å²) in [7, 11) is 7.06. The zero-order valence-electron chi connectivity index (χ0n) is 13.3. The van der Waals surface area contributed by atoms with Crippen LogP contribution in [-0.4, -0.2) is 58.9 Å². The van der Waals surface area contributed by atoms with E-state index in [2.05, 4.69) is 0 Å². The van der Waals surface area contributed by atoms with Crippen molar-refractivity contribution in [1.82, 2.24) is 4.90 Å². The summed E-state index contributed by atoms with van der Waals surface area (Å²) in [6.45, 7) is 1.53. The van der Waals surface area contributed by atoms with Crippen LogP contribution in [0.4, 0.5) is 11.4 Å². The Labute approximate surface area is 126 Å². The van der Waals surface area contributed by atoms with Crippen molar-refractivity contribution in [3.63, 3.8) is 0 Å². The minimum absolute atomic E-state index is 0.0589. The molecule has 6 heteroatoms. The molecule has 0 radical (unpaired) electrons. The highest BCUT2D eigenvalue weighted by atomic mass is 16.5. The number of carbonyl (C=O) groups is 1. The first kappa shape index (κ1) is 17.3. The van der Waals surface area contributed by atoms with Crippen LogP contribution in [0.5, 0.6) is 0 Å². The van der Waals surface area contributed by atoms with Crippen LogP contribution in [0, 0.1) is 0 Å². The number of nitrogens with zero attached hydrogens (tertiary/aromatic N) is 2. The van der Waals surface area contributed by atoms with Gasteiger partial charge in [-0.05, 0) is 23.8 Å². The van der Waals surface area contributed by atoms with E-state index in [0.717, 1.165) is 11.3 Å². The van der Waals surface area contributed by atoms with Gasteiger partial charge in [-0.1, -0.05) is 0 Å². The number of carbonyl (C=O) groups excluding carboxylic acids is 1. The van der Waals surface area contributed by atoms with Gasteiger partial charge in [0.25, 0.3) is 0 Å². The third-order valence-corrected chi connectivity index (χ3v) is 3.13. The van der Waals surface area contributed by atoms with Gasteiger partial charge in [0.2, 0.25) is 5.91 Å². The molecule has 0 atom stereocenters. The monoisotopic (exact) mass is 295 g/mol. The van der Waals surface area contributed by atoms with Crippen LogP contribution in [0.2, 0.25) is 0 Å². The fourth-order valence-electron chi connectivity index (χ4n) is 2.08. The zero-order chi connectivity index (χ0) is 15.8. The van der Waals surface area contributed by atoms with Crippen molar-refractivity contribution >= 4 is 17.3 Å². The maximum atomic E-state index is 12.1. The molecule has 118 valence electrons. The van der Waals surface area contributed by atoms with E-state index >= 15 is 0 Å². The first-order valence-corrected chi connectivity index (χ1v) is 6.81. The Hall–Kier alpha value is -1.79. The van der Waals surface area contributed by atoms with E-state index in [1.54, 1.807) is 12.0 Å². The Bertz CT molecular complexity index is 463. The van der Waals surface area contributed by atoms with E-state index in [1.807, 2.05) is 37.2 Å². The third-order valence-electron chi connectivity index (χ3n) is 3.13. The lowest BCUT2D eigenvalue weighted by atomic mass is 10.1. The molecule has 0 aliphatic carbocycles. The topological polar surface area (TPSA) is 68.0 Å². The second-order valence-corrected chi connectivity index (χ2v) is 5.02. The molecule has 0 spiro atoms. The van der Waals surface area contributed by atoms with E-state index in [1.165, 1.54) is 7.11 Å². The van der Waals surface area contributed by atoms with Gasteiger partial charge in [-0.2, -0.15) is 0 Å². The van der Waals surface area contributed by atoms with Gasteiger partial charge in [-0.25, -0.2) is 0 Å². The van der Waals surface area contributed by atoms with Crippen molar-refractivity contribution in [2.75, 3.05) is 58.7 Å². The molecule has 0 aromatic heterocycles. The van der Waals surface area contributed by atoms with Gasteiger partial charge in [0.15, 0.2) is 0 Å². The first-order valence-electron chi connectivity index (χ1n) is 6.81. The highest BCUT2D eigenvalue weighted by molar-refractivity contribution is 5.77. The van der Waals surface area contributed by atoms with Gasteiger partial charge in [-0.15, -0.1) is 0 Å². The fraction of sp³-hybridized carbons (Fsp3) is 0.533. The Kier molecular flexibility index (Phi) is 6.98. The molecule has 0 saturated heterocycles. The van der Waals surface area contributed by atoms with E-state index in [9.17, 15) is 4.79 Å². The largest absolute Gasteiger partial charge is 0.399 e. The standard InChI is InChI=1S/C15H25N3O3/c1-17(2)14-6-5-13(16)9-12(14)10-18(7-8-20-3)15(19)11-21-4/h5-6,9H,7-8,10-11,16H2,1-4H3. The van der Waals surface area contributed by atoms with Crippen LogP contribution in [0.3, 0.4) is 0 Å². The number of amides is 1. The zero-order valence-corrected chi connectivity index (χ0v) is 13.3. The molecule has 0 heterocycles. The number of nitrogens with two attached hydrogens (primary N) is 1. The number of benzene rings is 1. The number of anilines is 2. The molecule has 0 bridgehead atoms. The smallest absolute Gasteiger partial charge is 0.248 e. The second kappa shape index (κ2) is 8.49. The van der Waals surface area contributed by atoms with Gasteiger partial charge in [0.1, 0.15) is 6.61 Å². The Morgan fingerprint density at radius 3 is 2.52 bits per heavy atom. The maximum absolute atomic E-state index is 12.1. The Balaban J connectivity index is 2.96. The van der Waals surface area contributed by atoms with Crippen molar-refractivity contribution in [2.45, 2.75) is 6.54 Å². The van der Waals surface area contributed by atoms with Crippen LogP contribution in [0.25, 0.3) is 0 Å². The molecule has 0 aliphatic rings. The molecule has 0 aliphatic heterocycles. The summed E-state index contributed by atoms with van der Waals surface area (Å²) in [6, 6.07) is 5.71. The highest BCUT2D eigenvalue weighted by Crippen LogP contribution is 2.23. The minimum atomic E-state index is -0.0679. The van der Waals surface area contributed by atoms with Crippen molar-refractivity contribution in [3.05, 3.63) is 23.8 Å². The minimum Gasteiger partial charge on any atom is -0.399 e. The van der Waals surface area contributed by atoms with Crippen LogP contribution < -0.4 is 10.6 Å². The van der Waals surface area contributed by atoms with Gasteiger partial charge in [0, 0.05) is 52.8 Å². The molecule has 6 nitrogen and oxygen atoms in total. The number of nitrogen functional groups attached to an aromatic ring is 1. The number of methoxy groups -OCH3 is 2. The molecule has 0 unspecified atom stereocenters. The lowest BCUT2D eigenvalue weighted by Crippen LogP contribution is -2.36. The number of hydrogen-bond donors (Lipinski definition) is 1. The van der Waals surface area contributed by atoms with E-state index in [0.29, 0.717) is 25.4 Å². The highest BCUT2D eigenvalue weighted by Gasteiger charge is 2.16. The molecule has 1 aromatic rings. The summed E-state index contributed by atoms with van der Waals surface area (Å²) >= 11 is 0. The molecule has 0 fully saturated rings. The van der Waals surface area contributed by atoms with Crippen LogP contribution >= 0.6 is 0 Å². The van der Waals surface area contributed by atoms with Gasteiger partial charge in [0.05, 0.1) is 6.61 Å². The average molecular weight is 295 g/mol. The number of hydrogen-bond acceptors (Lipinski definition) is 5. The lowest BCUT2D eigenvalue weighted by Gasteiger charge is -2.25. The Morgan fingerprint density at radius 1 is 1.24 bits per heavy atom. The van der Waals surface area contributed by atoms with Crippen molar-refractivity contribution < 1.29 is 14.3 Å². The van der Waals surface area contributed by atoms with Gasteiger partial charge < -0.3 is 25.0 Å².